The van der Waals surface area contributed by atoms with E-state index in [2.05, 4.69) is 17.0 Å². The fourth-order valence-corrected chi connectivity index (χ4v) is 6.01. The van der Waals surface area contributed by atoms with Gasteiger partial charge in [-0.05, 0) is 36.4 Å². The van der Waals surface area contributed by atoms with Crippen LogP contribution in [0.5, 0.6) is 5.75 Å². The normalized spacial score (nSPS) is 13.1. The van der Waals surface area contributed by atoms with Crippen LogP contribution >= 0.6 is 11.3 Å². The van der Waals surface area contributed by atoms with E-state index in [1.165, 1.54) is 82.0 Å². The van der Waals surface area contributed by atoms with Crippen LogP contribution in [0.4, 0.5) is 0 Å². The molecular weight excluding hydrogens is 534 g/mol. The van der Waals surface area contributed by atoms with E-state index in [0.717, 1.165) is 41.6 Å². The van der Waals surface area contributed by atoms with E-state index in [1.54, 1.807) is 0 Å². The van der Waals surface area contributed by atoms with Crippen LogP contribution in [-0.2, 0) is 10.1 Å². The molecular formula is C27H46KN3O4S2. The van der Waals surface area contributed by atoms with Gasteiger partial charge in [0.2, 0.25) is 0 Å². The van der Waals surface area contributed by atoms with Crippen LogP contribution in [0.3, 0.4) is 0 Å². The van der Waals surface area contributed by atoms with Gasteiger partial charge in [-0.2, -0.15) is 8.42 Å². The minimum Gasteiger partial charge on any atom is -0.494 e. The number of unbranched alkanes of at least 4 members (excludes halogenated alkanes) is 10. The van der Waals surface area contributed by atoms with Crippen LogP contribution in [-0.4, -0.2) is 25.3 Å². The van der Waals surface area contributed by atoms with Crippen LogP contribution in [0.25, 0.3) is 10.2 Å². The Hall–Kier alpha value is 0.0564. The third kappa shape index (κ3) is 16.7. The van der Waals surface area contributed by atoms with Gasteiger partial charge < -0.3 is 20.7 Å². The monoisotopic (exact) mass is 579 g/mol. The van der Waals surface area contributed by atoms with E-state index in [-0.39, 0.29) is 57.1 Å². The van der Waals surface area contributed by atoms with Gasteiger partial charge in [-0.15, -0.1) is 11.3 Å². The standard InChI is InChI=1S/C27H46N3O4S2.K/c1-2-3-4-5-7-10-15-23(17-12-14-21-36(31,32)33)16-11-8-6-9-13-20-34-24-18-19-25-26(22-24)35-27(29-25)30-28;/h18-19,22-23H,2-17,20-21,28H2,1H3,(H-,29,30,31,32,33);/q-1;+1. The number of hydrogen-bond acceptors (Lipinski definition) is 6. The molecule has 1 aromatic heterocycles. The predicted octanol–water partition coefficient (Wildman–Crippen LogP) is 3.78. The summed E-state index contributed by atoms with van der Waals surface area (Å²) in [5.41, 5.74) is 0.893. The van der Waals surface area contributed by atoms with Gasteiger partial charge in [-0.3, -0.25) is 4.55 Å². The first kappa shape index (κ1) is 35.1. The van der Waals surface area contributed by atoms with Gasteiger partial charge in [-0.1, -0.05) is 103 Å². The number of nitrogens with zero attached hydrogens (tertiary/aromatic N) is 2. The zero-order valence-corrected chi connectivity index (χ0v) is 27.8. The molecule has 3 N–H and O–H groups in total. The molecule has 2 aromatic rings. The molecule has 0 aliphatic heterocycles. The Bertz CT molecular complexity index is 1020. The number of ether oxygens (including phenoxy) is 1. The molecule has 0 fully saturated rings. The van der Waals surface area contributed by atoms with Gasteiger partial charge in [0, 0.05) is 9.50 Å². The molecule has 1 heterocycles. The Kier molecular flexibility index (Phi) is 19.8. The van der Waals surface area contributed by atoms with Crippen molar-refractivity contribution in [2.45, 2.75) is 110 Å². The zero-order chi connectivity index (χ0) is 26.1. The van der Waals surface area contributed by atoms with Gasteiger partial charge in [0.05, 0.1) is 12.4 Å². The summed E-state index contributed by atoms with van der Waals surface area (Å²) in [4.78, 5) is 4.90. The maximum absolute atomic E-state index is 11.0. The summed E-state index contributed by atoms with van der Waals surface area (Å²) < 4.78 is 37.9. The van der Waals surface area contributed by atoms with Gasteiger partial charge >= 0.3 is 51.4 Å². The SMILES string of the molecule is CCCCCCCCC(CCCCCCCOc1ccc2[n-]c(=NN)sc2c1)CCCCS(=O)(=O)O.[K+]. The topological polar surface area (TPSA) is 116 Å². The molecule has 1 aromatic carbocycles. The largest absolute Gasteiger partial charge is 1.00 e. The van der Waals surface area contributed by atoms with Crippen LogP contribution < -0.4 is 71.7 Å². The molecule has 10 heteroatoms. The van der Waals surface area contributed by atoms with Crippen LogP contribution in [0, 0.1) is 5.92 Å². The molecule has 0 saturated carbocycles. The summed E-state index contributed by atoms with van der Waals surface area (Å²) in [6.45, 7) is 2.96. The second-order valence-corrected chi connectivity index (χ2v) is 12.4. The van der Waals surface area contributed by atoms with Gasteiger partial charge in [-0.25, -0.2) is 0 Å². The van der Waals surface area contributed by atoms with Gasteiger partial charge in [0.25, 0.3) is 10.1 Å². The molecule has 1 unspecified atom stereocenters. The Morgan fingerprint density at radius 3 is 2.16 bits per heavy atom. The number of hydrogen-bond donors (Lipinski definition) is 2. The number of benzene rings is 1. The number of thiazole rings is 1. The van der Waals surface area contributed by atoms with Gasteiger partial charge in [0.15, 0.2) is 0 Å². The van der Waals surface area contributed by atoms with Crippen molar-refractivity contribution in [3.63, 3.8) is 0 Å². The van der Waals surface area contributed by atoms with Crippen LogP contribution in [0.15, 0.2) is 23.3 Å². The molecule has 0 amide bonds. The predicted molar refractivity (Wildman–Crippen MR) is 150 cm³/mol. The third-order valence-electron chi connectivity index (χ3n) is 6.72. The molecule has 0 spiro atoms. The second-order valence-electron chi connectivity index (χ2n) is 9.86. The van der Waals surface area contributed by atoms with E-state index in [9.17, 15) is 8.42 Å². The van der Waals surface area contributed by atoms with Gasteiger partial charge in [0.1, 0.15) is 5.75 Å². The first-order chi connectivity index (χ1) is 17.4. The second kappa shape index (κ2) is 20.9. The van der Waals surface area contributed by atoms with Crippen LogP contribution in [0.1, 0.15) is 110 Å². The van der Waals surface area contributed by atoms with Crippen molar-refractivity contribution in [1.29, 1.82) is 0 Å². The molecule has 206 valence electrons. The van der Waals surface area contributed by atoms with E-state index < -0.39 is 10.1 Å². The average molecular weight is 580 g/mol. The Labute approximate surface area is 270 Å². The Morgan fingerprint density at radius 1 is 0.946 bits per heavy atom. The molecule has 7 nitrogen and oxygen atoms in total. The average Bonchev–Trinajstić information content (AvgIpc) is 3.27. The zero-order valence-electron chi connectivity index (χ0n) is 23.0. The summed E-state index contributed by atoms with van der Waals surface area (Å²) in [6, 6.07) is 5.89. The number of aromatic nitrogens is 1. The minimum absolute atomic E-state index is 0. The maximum Gasteiger partial charge on any atom is 1.00 e. The summed E-state index contributed by atoms with van der Waals surface area (Å²) >= 11 is 1.46. The third-order valence-corrected chi connectivity index (χ3v) is 8.45. The van der Waals surface area contributed by atoms with Crippen LogP contribution in [0.2, 0.25) is 0 Å². The van der Waals surface area contributed by atoms with Crippen molar-refractivity contribution >= 4 is 31.7 Å². The smallest absolute Gasteiger partial charge is 0.494 e. The molecule has 0 aliphatic carbocycles. The molecule has 0 saturated heterocycles. The van der Waals surface area contributed by atoms with Crippen molar-refractivity contribution in [3.05, 3.63) is 23.0 Å². The fourth-order valence-electron chi connectivity index (χ4n) is 4.66. The number of fused-ring (bicyclic) bond motifs is 1. The van der Waals surface area contributed by atoms with E-state index in [4.69, 9.17) is 15.1 Å². The summed E-state index contributed by atoms with van der Waals surface area (Å²) in [6.07, 6.45) is 18.7. The van der Waals surface area contributed by atoms with Crippen molar-refractivity contribution in [1.82, 2.24) is 4.98 Å². The maximum atomic E-state index is 11.0. The van der Waals surface area contributed by atoms with Crippen molar-refractivity contribution < 1.29 is 69.1 Å². The summed E-state index contributed by atoms with van der Waals surface area (Å²) in [7, 11) is -3.83. The van der Waals surface area contributed by atoms with Crippen molar-refractivity contribution in [2.24, 2.45) is 16.9 Å². The summed E-state index contributed by atoms with van der Waals surface area (Å²) in [5.74, 6) is 6.74. The minimum atomic E-state index is -3.83. The first-order valence-electron chi connectivity index (χ1n) is 13.8. The van der Waals surface area contributed by atoms with E-state index in [0.29, 0.717) is 23.7 Å². The molecule has 1 atom stereocenters. The van der Waals surface area contributed by atoms with Crippen molar-refractivity contribution in [3.8, 4) is 5.75 Å². The Morgan fingerprint density at radius 2 is 1.54 bits per heavy atom. The molecule has 37 heavy (non-hydrogen) atoms. The Balaban J connectivity index is 0.00000684. The molecule has 0 bridgehead atoms. The molecule has 2 rings (SSSR count). The molecule has 0 aliphatic rings. The van der Waals surface area contributed by atoms with E-state index in [1.807, 2.05) is 18.2 Å². The number of rotatable bonds is 21. The first-order valence-corrected chi connectivity index (χ1v) is 16.2. The quantitative estimate of drug-likeness (QED) is 0.0765. The molecule has 0 radical (unpaired) electrons. The summed E-state index contributed by atoms with van der Waals surface area (Å²) in [5, 5.41) is 3.65. The fraction of sp³-hybridized carbons (Fsp3) is 0.741. The van der Waals surface area contributed by atoms with Crippen molar-refractivity contribution in [2.75, 3.05) is 12.4 Å². The number of nitrogens with two attached hydrogens (primary N) is 1. The van der Waals surface area contributed by atoms with E-state index >= 15 is 0 Å².